The van der Waals surface area contributed by atoms with Gasteiger partial charge in [0.1, 0.15) is 6.54 Å². The molecule has 0 atom stereocenters. The van der Waals surface area contributed by atoms with Gasteiger partial charge in [0.15, 0.2) is 0 Å². The highest BCUT2D eigenvalue weighted by molar-refractivity contribution is 6.25. The van der Waals surface area contributed by atoms with E-state index in [-0.39, 0.29) is 12.5 Å². The molecule has 1 aliphatic heterocycles. The molecule has 0 unspecified atom stereocenters. The maximum absolute atomic E-state index is 12.8. The molecule has 1 heterocycles. The lowest BCUT2D eigenvalue weighted by atomic mass is 10.1. The first-order valence-electron chi connectivity index (χ1n) is 7.27. The Kier molecular flexibility index (Phi) is 3.70. The predicted octanol–water partition coefficient (Wildman–Crippen LogP) is 2.25. The van der Waals surface area contributed by atoms with Crippen LogP contribution >= 0.6 is 0 Å². The van der Waals surface area contributed by atoms with Gasteiger partial charge in [-0.2, -0.15) is 0 Å². The van der Waals surface area contributed by atoms with E-state index >= 15 is 0 Å². The lowest BCUT2D eigenvalue weighted by Gasteiger charge is -2.20. The number of anilines is 1. The minimum atomic E-state index is -0.425. The molecular weight excluding hydrogens is 292 g/mol. The number of carbonyl (C=O) groups is 3. The third kappa shape index (κ3) is 2.61. The van der Waals surface area contributed by atoms with E-state index in [2.05, 4.69) is 0 Å². The highest BCUT2D eigenvalue weighted by Crippen LogP contribution is 2.26. The molecule has 0 bridgehead atoms. The van der Waals surface area contributed by atoms with E-state index in [1.165, 1.54) is 4.90 Å². The van der Waals surface area contributed by atoms with E-state index in [4.69, 9.17) is 0 Å². The van der Waals surface area contributed by atoms with Gasteiger partial charge >= 0.3 is 0 Å². The minimum Gasteiger partial charge on any atom is -0.332 e. The third-order valence-corrected chi connectivity index (χ3v) is 3.85. The van der Waals surface area contributed by atoms with Crippen LogP contribution in [0.3, 0.4) is 0 Å². The van der Waals surface area contributed by atoms with Crippen molar-refractivity contribution in [3.8, 4) is 0 Å². The number of nitrogens with zero attached hydrogens (tertiary/aromatic N) is 2. The van der Waals surface area contributed by atoms with E-state index in [0.29, 0.717) is 16.8 Å². The predicted molar refractivity (Wildman–Crippen MR) is 86.4 cm³/mol. The Morgan fingerprint density at radius 1 is 1.00 bits per heavy atom. The van der Waals surface area contributed by atoms with Crippen LogP contribution in [0.15, 0.2) is 48.5 Å². The van der Waals surface area contributed by atoms with Crippen molar-refractivity contribution in [3.63, 3.8) is 0 Å². The van der Waals surface area contributed by atoms with Gasteiger partial charge in [-0.1, -0.05) is 29.8 Å². The number of amides is 3. The third-order valence-electron chi connectivity index (χ3n) is 3.85. The van der Waals surface area contributed by atoms with Crippen LogP contribution in [0, 0.1) is 6.92 Å². The van der Waals surface area contributed by atoms with Crippen LogP contribution in [0.1, 0.15) is 26.3 Å². The zero-order valence-electron chi connectivity index (χ0n) is 12.9. The first kappa shape index (κ1) is 15.0. The zero-order valence-corrected chi connectivity index (χ0v) is 12.9. The van der Waals surface area contributed by atoms with Crippen molar-refractivity contribution in [1.82, 2.24) is 4.90 Å². The summed E-state index contributed by atoms with van der Waals surface area (Å²) >= 11 is 0. The molecule has 0 aromatic heterocycles. The molecule has 0 radical (unpaired) electrons. The summed E-state index contributed by atoms with van der Waals surface area (Å²) in [7, 11) is 1.55. The lowest BCUT2D eigenvalue weighted by Crippen LogP contribution is -2.41. The van der Waals surface area contributed by atoms with Crippen LogP contribution in [0.4, 0.5) is 5.69 Å². The van der Waals surface area contributed by atoms with Crippen LogP contribution in [0.25, 0.3) is 0 Å². The van der Waals surface area contributed by atoms with Crippen molar-refractivity contribution in [2.45, 2.75) is 6.92 Å². The molecule has 0 fully saturated rings. The van der Waals surface area contributed by atoms with Gasteiger partial charge in [-0.3, -0.25) is 14.4 Å². The van der Waals surface area contributed by atoms with Gasteiger partial charge < -0.3 is 4.90 Å². The molecule has 23 heavy (non-hydrogen) atoms. The van der Waals surface area contributed by atoms with Gasteiger partial charge in [0.2, 0.25) is 0 Å². The van der Waals surface area contributed by atoms with Crippen molar-refractivity contribution in [2.24, 2.45) is 0 Å². The van der Waals surface area contributed by atoms with Crippen LogP contribution in [-0.4, -0.2) is 36.2 Å². The molecule has 0 aliphatic carbocycles. The zero-order chi connectivity index (χ0) is 16.6. The van der Waals surface area contributed by atoms with Crippen LogP contribution in [0.2, 0.25) is 0 Å². The van der Waals surface area contributed by atoms with Crippen molar-refractivity contribution in [2.75, 3.05) is 18.5 Å². The molecular formula is C18H16N2O3. The van der Waals surface area contributed by atoms with E-state index < -0.39 is 11.8 Å². The van der Waals surface area contributed by atoms with Crippen LogP contribution in [-0.2, 0) is 4.79 Å². The molecule has 3 rings (SSSR count). The van der Waals surface area contributed by atoms with Crippen LogP contribution in [0.5, 0.6) is 0 Å². The Labute approximate surface area is 134 Å². The minimum absolute atomic E-state index is 0.134. The first-order chi connectivity index (χ1) is 11.0. The summed E-state index contributed by atoms with van der Waals surface area (Å²) in [5, 5.41) is 0. The molecule has 2 aromatic rings. The maximum Gasteiger partial charge on any atom is 0.265 e. The van der Waals surface area contributed by atoms with E-state index in [9.17, 15) is 14.4 Å². The second-order valence-corrected chi connectivity index (χ2v) is 5.58. The summed E-state index contributed by atoms with van der Waals surface area (Å²) < 4.78 is 0. The fourth-order valence-corrected chi connectivity index (χ4v) is 2.58. The number of hydrogen-bond donors (Lipinski definition) is 0. The summed E-state index contributed by atoms with van der Waals surface area (Å²) in [6, 6.07) is 13.7. The summed E-state index contributed by atoms with van der Waals surface area (Å²) in [5.74, 6) is -1.12. The highest BCUT2D eigenvalue weighted by Gasteiger charge is 2.33. The average molecular weight is 308 g/mol. The first-order valence-corrected chi connectivity index (χ1v) is 7.27. The topological polar surface area (TPSA) is 57.7 Å². The largest absolute Gasteiger partial charge is 0.332 e. The monoisotopic (exact) mass is 308 g/mol. The average Bonchev–Trinajstić information content (AvgIpc) is 2.63. The normalized spacial score (nSPS) is 14.5. The Morgan fingerprint density at radius 2 is 1.65 bits per heavy atom. The van der Waals surface area contributed by atoms with Gasteiger partial charge in [-0.15, -0.1) is 0 Å². The molecule has 0 saturated heterocycles. The maximum atomic E-state index is 12.8. The number of fused-ring (bicyclic) bond motifs is 1. The standard InChI is InChI=1S/C18H16N2O3/c1-12-7-9-13(10-8-12)17(22)20-15-6-4-3-5-14(15)18(23)19(2)11-16(20)21/h3-10H,11H2,1-2H3. The quantitative estimate of drug-likeness (QED) is 0.759. The molecule has 0 spiro atoms. The number of likely N-dealkylation sites (N-methyl/N-ethyl adjacent to an activating group) is 1. The smallest absolute Gasteiger partial charge is 0.265 e. The molecule has 5 heteroatoms. The van der Waals surface area contributed by atoms with Crippen molar-refractivity contribution in [1.29, 1.82) is 0 Å². The van der Waals surface area contributed by atoms with E-state index in [1.54, 1.807) is 43.4 Å². The SMILES string of the molecule is Cc1ccc(C(=O)N2C(=O)CN(C)C(=O)c3ccccc32)cc1. The second kappa shape index (κ2) is 5.68. The van der Waals surface area contributed by atoms with Gasteiger partial charge in [0, 0.05) is 12.6 Å². The molecule has 3 amide bonds. The van der Waals surface area contributed by atoms with Crippen molar-refractivity contribution < 1.29 is 14.4 Å². The van der Waals surface area contributed by atoms with Gasteiger partial charge in [-0.25, -0.2) is 4.90 Å². The molecule has 0 N–H and O–H groups in total. The number of rotatable bonds is 1. The Balaban J connectivity index is 2.11. The van der Waals surface area contributed by atoms with E-state index in [0.717, 1.165) is 10.5 Å². The van der Waals surface area contributed by atoms with Crippen molar-refractivity contribution >= 4 is 23.4 Å². The number of hydrogen-bond acceptors (Lipinski definition) is 3. The van der Waals surface area contributed by atoms with Crippen LogP contribution < -0.4 is 4.90 Å². The molecule has 2 aromatic carbocycles. The number of carbonyl (C=O) groups excluding carboxylic acids is 3. The van der Waals surface area contributed by atoms with Gasteiger partial charge in [0.05, 0.1) is 11.3 Å². The van der Waals surface area contributed by atoms with Gasteiger partial charge in [0.25, 0.3) is 17.7 Å². The summed E-state index contributed by atoms with van der Waals surface area (Å²) in [6.07, 6.45) is 0. The van der Waals surface area contributed by atoms with Gasteiger partial charge in [-0.05, 0) is 31.2 Å². The number of aryl methyl sites for hydroxylation is 1. The Hall–Kier alpha value is -2.95. The highest BCUT2D eigenvalue weighted by atomic mass is 16.2. The lowest BCUT2D eigenvalue weighted by molar-refractivity contribution is -0.118. The Bertz CT molecular complexity index is 796. The molecule has 5 nitrogen and oxygen atoms in total. The molecule has 116 valence electrons. The Morgan fingerprint density at radius 3 is 2.35 bits per heavy atom. The fourth-order valence-electron chi connectivity index (χ4n) is 2.58. The molecule has 1 aliphatic rings. The summed E-state index contributed by atoms with van der Waals surface area (Å²) in [5.41, 5.74) is 2.12. The summed E-state index contributed by atoms with van der Waals surface area (Å²) in [4.78, 5) is 40.1. The molecule has 0 saturated carbocycles. The second-order valence-electron chi connectivity index (χ2n) is 5.58. The number of para-hydroxylation sites is 1. The van der Waals surface area contributed by atoms with E-state index in [1.807, 2.05) is 19.1 Å². The number of imide groups is 1. The fraction of sp³-hybridized carbons (Fsp3) is 0.167. The number of benzene rings is 2. The summed E-state index contributed by atoms with van der Waals surface area (Å²) in [6.45, 7) is 1.79. The van der Waals surface area contributed by atoms with Crippen molar-refractivity contribution in [3.05, 3.63) is 65.2 Å².